The highest BCUT2D eigenvalue weighted by molar-refractivity contribution is 6.00. The molecule has 0 bridgehead atoms. The van der Waals surface area contributed by atoms with Crippen LogP contribution in [-0.4, -0.2) is 34.5 Å². The molecule has 0 aliphatic carbocycles. The largest absolute Gasteiger partial charge is 0.376 e. The molecule has 8 nitrogen and oxygen atoms in total. The summed E-state index contributed by atoms with van der Waals surface area (Å²) in [5.74, 6) is -0.0243. The van der Waals surface area contributed by atoms with Crippen LogP contribution in [0.15, 0.2) is 29.2 Å². The molecular weight excluding hydrogens is 370 g/mol. The van der Waals surface area contributed by atoms with E-state index in [2.05, 4.69) is 10.3 Å². The second-order valence-electron chi connectivity index (χ2n) is 7.84. The van der Waals surface area contributed by atoms with Crippen molar-refractivity contribution in [3.63, 3.8) is 0 Å². The van der Waals surface area contributed by atoms with Crippen LogP contribution < -0.4 is 21.2 Å². The average molecular weight is 396 g/mol. The monoisotopic (exact) mass is 396 g/mol. The van der Waals surface area contributed by atoms with Crippen molar-refractivity contribution < 1.29 is 14.1 Å². The zero-order valence-electron chi connectivity index (χ0n) is 16.9. The van der Waals surface area contributed by atoms with E-state index in [4.69, 9.17) is 10.5 Å². The first-order chi connectivity index (χ1) is 13.9. The molecule has 1 fully saturated rings. The number of aryl methyl sites for hydroxylation is 1. The summed E-state index contributed by atoms with van der Waals surface area (Å²) in [6.07, 6.45) is 3.70. The number of hydrogen-bond acceptors (Lipinski definition) is 5. The number of ether oxygens (including phenoxy) is 1. The lowest BCUT2D eigenvalue weighted by Crippen LogP contribution is -2.44. The van der Waals surface area contributed by atoms with Crippen molar-refractivity contribution in [2.24, 2.45) is 0 Å². The van der Waals surface area contributed by atoms with Gasteiger partial charge in [-0.15, -0.1) is 0 Å². The summed E-state index contributed by atoms with van der Waals surface area (Å²) in [5, 5.41) is 3.25. The zero-order valence-corrected chi connectivity index (χ0v) is 16.9. The number of nitrogens with two attached hydrogens (primary N) is 1. The van der Waals surface area contributed by atoms with Crippen LogP contribution >= 0.6 is 0 Å². The highest BCUT2D eigenvalue weighted by Crippen LogP contribution is 2.18. The van der Waals surface area contributed by atoms with Crippen molar-refractivity contribution in [2.75, 3.05) is 18.9 Å². The van der Waals surface area contributed by atoms with E-state index >= 15 is 0 Å². The Kier molecular flexibility index (Phi) is 4.96. The number of rotatable bonds is 4. The van der Waals surface area contributed by atoms with E-state index in [1.165, 1.54) is 4.40 Å². The summed E-state index contributed by atoms with van der Waals surface area (Å²) in [7, 11) is 0. The third kappa shape index (κ3) is 3.44. The highest BCUT2D eigenvalue weighted by Gasteiger charge is 2.26. The second kappa shape index (κ2) is 7.44. The Bertz CT molecular complexity index is 1160. The van der Waals surface area contributed by atoms with E-state index in [1.54, 1.807) is 22.9 Å². The fraction of sp³-hybridized carbons (Fsp3) is 0.429. The predicted octanol–water partition coefficient (Wildman–Crippen LogP) is 1.52. The molecule has 3 N–H and O–H groups in total. The number of carbonyl (C=O) groups excluding carboxylic acids is 1. The summed E-state index contributed by atoms with van der Waals surface area (Å²) in [6, 6.07) is 5.18. The van der Waals surface area contributed by atoms with Crippen LogP contribution in [0.3, 0.4) is 0 Å². The summed E-state index contributed by atoms with van der Waals surface area (Å²) in [6.45, 7) is 6.95. The van der Waals surface area contributed by atoms with E-state index < -0.39 is 0 Å². The lowest BCUT2D eigenvalue weighted by Gasteiger charge is -2.15. The fourth-order valence-corrected chi connectivity index (χ4v) is 3.83. The van der Waals surface area contributed by atoms with Crippen LogP contribution in [-0.2, 0) is 4.74 Å². The molecule has 1 saturated heterocycles. The molecule has 4 rings (SSSR count). The number of carbonyl (C=O) groups is 1. The third-order valence-electron chi connectivity index (χ3n) is 5.31. The number of amides is 1. The number of anilines is 1. The molecule has 1 aliphatic rings. The van der Waals surface area contributed by atoms with E-state index in [0.29, 0.717) is 29.0 Å². The quantitative estimate of drug-likeness (QED) is 0.514. The average Bonchev–Trinajstić information content (AvgIpc) is 3.20. The van der Waals surface area contributed by atoms with E-state index in [1.807, 2.05) is 26.8 Å². The van der Waals surface area contributed by atoms with Crippen molar-refractivity contribution in [1.82, 2.24) is 14.7 Å². The summed E-state index contributed by atoms with van der Waals surface area (Å²) in [5.41, 5.74) is 8.38. The summed E-state index contributed by atoms with van der Waals surface area (Å²) < 4.78 is 8.82. The number of fused-ring (bicyclic) bond motifs is 2. The molecule has 3 aromatic rings. The normalized spacial score (nSPS) is 16.8. The SMILES string of the molecule is Cc1ccc2nc3c(cc(C(=O)NC[C@H]4CCCO4)c(N)[n+]3C(C)C)c(=O)n2c1. The topological polar surface area (TPSA) is 103 Å². The molecule has 8 heteroatoms. The first-order valence-electron chi connectivity index (χ1n) is 9.93. The van der Waals surface area contributed by atoms with Gasteiger partial charge in [0.05, 0.1) is 12.1 Å². The molecular formula is C21H26N5O3+. The maximum absolute atomic E-state index is 13.2. The number of nitrogens with zero attached hydrogens (tertiary/aromatic N) is 3. The number of nitrogen functional groups attached to an aromatic ring is 1. The Hall–Kier alpha value is -3.00. The first-order valence-corrected chi connectivity index (χ1v) is 9.93. The molecule has 0 unspecified atom stereocenters. The lowest BCUT2D eigenvalue weighted by molar-refractivity contribution is -0.679. The van der Waals surface area contributed by atoms with Crippen LogP contribution in [0.1, 0.15) is 48.7 Å². The Labute approximate surface area is 168 Å². The van der Waals surface area contributed by atoms with Crippen LogP contribution in [0.4, 0.5) is 5.82 Å². The second-order valence-corrected chi connectivity index (χ2v) is 7.84. The van der Waals surface area contributed by atoms with Crippen molar-refractivity contribution in [3.05, 3.63) is 45.9 Å². The maximum atomic E-state index is 13.2. The number of pyridine rings is 2. The van der Waals surface area contributed by atoms with Crippen molar-refractivity contribution in [3.8, 4) is 0 Å². The van der Waals surface area contributed by atoms with Crippen molar-refractivity contribution >= 4 is 28.4 Å². The van der Waals surface area contributed by atoms with Crippen LogP contribution in [0.2, 0.25) is 0 Å². The Balaban J connectivity index is 1.87. The molecule has 0 spiro atoms. The van der Waals surface area contributed by atoms with Gasteiger partial charge in [-0.25, -0.2) is 4.57 Å². The molecule has 3 aromatic heterocycles. The minimum absolute atomic E-state index is 0.0251. The first kappa shape index (κ1) is 19.3. The number of hydrogen-bond donors (Lipinski definition) is 2. The lowest BCUT2D eigenvalue weighted by atomic mass is 10.1. The smallest absolute Gasteiger partial charge is 0.278 e. The van der Waals surface area contributed by atoms with Gasteiger partial charge in [-0.1, -0.05) is 11.1 Å². The van der Waals surface area contributed by atoms with Gasteiger partial charge in [-0.3, -0.25) is 14.0 Å². The van der Waals surface area contributed by atoms with Gasteiger partial charge in [0.15, 0.2) is 0 Å². The molecule has 29 heavy (non-hydrogen) atoms. The summed E-state index contributed by atoms with van der Waals surface area (Å²) in [4.78, 5) is 30.7. The molecule has 4 heterocycles. The Morgan fingerprint density at radius 1 is 1.45 bits per heavy atom. The van der Waals surface area contributed by atoms with Gasteiger partial charge >= 0.3 is 0 Å². The van der Waals surface area contributed by atoms with Gasteiger partial charge < -0.3 is 15.8 Å². The Morgan fingerprint density at radius 2 is 2.24 bits per heavy atom. The molecule has 0 aromatic carbocycles. The molecule has 1 atom stereocenters. The molecule has 0 radical (unpaired) electrons. The highest BCUT2D eigenvalue weighted by atomic mass is 16.5. The predicted molar refractivity (Wildman–Crippen MR) is 110 cm³/mol. The zero-order chi connectivity index (χ0) is 20.7. The number of aromatic nitrogens is 3. The van der Waals surface area contributed by atoms with Gasteiger partial charge in [-0.2, -0.15) is 0 Å². The van der Waals surface area contributed by atoms with Crippen LogP contribution in [0.5, 0.6) is 0 Å². The molecule has 0 saturated carbocycles. The van der Waals surface area contributed by atoms with E-state index in [-0.39, 0.29) is 29.2 Å². The fourth-order valence-electron chi connectivity index (χ4n) is 3.83. The van der Waals surface area contributed by atoms with Crippen LogP contribution in [0, 0.1) is 6.92 Å². The molecule has 1 amide bonds. The van der Waals surface area contributed by atoms with E-state index in [9.17, 15) is 9.59 Å². The van der Waals surface area contributed by atoms with Crippen molar-refractivity contribution in [1.29, 1.82) is 0 Å². The standard InChI is InChI=1S/C21H25N5O3/c1-12(2)26-18(22)15(20(27)23-10-14-5-4-8-29-14)9-16-19(26)24-17-7-6-13(3)11-25(17)21(16)28/h6-7,9,11-12,14,22H,4-5,8,10H2,1-3H3,(H,23,27)/p+1/t14-/m1/s1. The van der Waals surface area contributed by atoms with Crippen LogP contribution in [0.25, 0.3) is 16.7 Å². The van der Waals surface area contributed by atoms with E-state index in [0.717, 1.165) is 25.0 Å². The van der Waals surface area contributed by atoms with Gasteiger partial charge in [0.1, 0.15) is 10.9 Å². The third-order valence-corrected chi connectivity index (χ3v) is 5.31. The number of nitrogens with one attached hydrogen (secondary N) is 1. The van der Waals surface area contributed by atoms with Crippen molar-refractivity contribution in [2.45, 2.75) is 45.8 Å². The minimum Gasteiger partial charge on any atom is -0.376 e. The summed E-state index contributed by atoms with van der Waals surface area (Å²) >= 11 is 0. The van der Waals surface area contributed by atoms with Gasteiger partial charge in [0.25, 0.3) is 17.1 Å². The Morgan fingerprint density at radius 3 is 2.93 bits per heavy atom. The minimum atomic E-state index is -0.317. The maximum Gasteiger partial charge on any atom is 0.278 e. The van der Waals surface area contributed by atoms with Gasteiger partial charge in [-0.05, 0) is 51.3 Å². The van der Waals surface area contributed by atoms with Gasteiger partial charge in [0.2, 0.25) is 11.5 Å². The van der Waals surface area contributed by atoms with Gasteiger partial charge in [0, 0.05) is 19.3 Å². The molecule has 1 aliphatic heterocycles. The molecule has 152 valence electrons.